The maximum absolute atomic E-state index is 12.9. The van der Waals surface area contributed by atoms with Gasteiger partial charge in [-0.2, -0.15) is 0 Å². The predicted octanol–water partition coefficient (Wildman–Crippen LogP) is 2.48. The molecule has 1 amide bonds. The summed E-state index contributed by atoms with van der Waals surface area (Å²) < 4.78 is 12.6. The summed E-state index contributed by atoms with van der Waals surface area (Å²) in [6.07, 6.45) is 1.13. The Bertz CT molecular complexity index is 1450. The van der Waals surface area contributed by atoms with Crippen molar-refractivity contribution in [3.63, 3.8) is 0 Å². The predicted molar refractivity (Wildman–Crippen MR) is 115 cm³/mol. The van der Waals surface area contributed by atoms with Crippen LogP contribution in [0.1, 0.15) is 20.9 Å². The highest BCUT2D eigenvalue weighted by Crippen LogP contribution is 2.32. The molecule has 0 unspecified atom stereocenters. The van der Waals surface area contributed by atoms with E-state index in [4.69, 9.17) is 9.47 Å². The first-order chi connectivity index (χ1) is 15.0. The van der Waals surface area contributed by atoms with Crippen molar-refractivity contribution in [1.82, 2.24) is 14.5 Å². The maximum atomic E-state index is 12.9. The van der Waals surface area contributed by atoms with Crippen molar-refractivity contribution >= 4 is 33.1 Å². The molecule has 4 aromatic rings. The van der Waals surface area contributed by atoms with Crippen LogP contribution in [0.25, 0.3) is 10.2 Å². The summed E-state index contributed by atoms with van der Waals surface area (Å²) in [5.41, 5.74) is 0.467. The standard InChI is InChI=1S/C21H16N4O5S/c1-11-23-15-7-13(3-5-18(15)31-11)24-19(26)14-8-22-21(28)25(20(14)27)9-12-2-4-16-17(6-12)30-10-29-16/h2-8H,9-10H2,1H3,(H,22,28)(H,24,26). The van der Waals surface area contributed by atoms with Crippen LogP contribution in [-0.2, 0) is 6.54 Å². The summed E-state index contributed by atoms with van der Waals surface area (Å²) in [6, 6.07) is 10.5. The topological polar surface area (TPSA) is 115 Å². The highest BCUT2D eigenvalue weighted by molar-refractivity contribution is 7.18. The molecule has 0 radical (unpaired) electrons. The number of ether oxygens (including phenoxy) is 2. The fraction of sp³-hybridized carbons (Fsp3) is 0.143. The molecule has 1 aliphatic heterocycles. The molecule has 0 fully saturated rings. The van der Waals surface area contributed by atoms with Gasteiger partial charge in [-0.3, -0.25) is 14.2 Å². The Morgan fingerprint density at radius 3 is 2.90 bits per heavy atom. The number of aromatic amines is 1. The van der Waals surface area contributed by atoms with E-state index in [0.717, 1.165) is 26.0 Å². The van der Waals surface area contributed by atoms with Crippen molar-refractivity contribution in [1.29, 1.82) is 0 Å². The number of H-pyrrole nitrogens is 1. The van der Waals surface area contributed by atoms with Gasteiger partial charge in [-0.15, -0.1) is 11.3 Å². The quantitative estimate of drug-likeness (QED) is 0.508. The highest BCUT2D eigenvalue weighted by atomic mass is 32.1. The van der Waals surface area contributed by atoms with Crippen LogP contribution in [0.4, 0.5) is 5.69 Å². The van der Waals surface area contributed by atoms with E-state index in [1.807, 2.05) is 13.0 Å². The second-order valence-electron chi connectivity index (χ2n) is 6.96. The Morgan fingerprint density at radius 2 is 2.03 bits per heavy atom. The van der Waals surface area contributed by atoms with Crippen molar-refractivity contribution in [3.05, 3.63) is 79.6 Å². The van der Waals surface area contributed by atoms with Gasteiger partial charge >= 0.3 is 5.69 Å². The number of nitrogens with zero attached hydrogens (tertiary/aromatic N) is 2. The van der Waals surface area contributed by atoms with E-state index >= 15 is 0 Å². The number of hydrogen-bond acceptors (Lipinski definition) is 7. The average Bonchev–Trinajstić information content (AvgIpc) is 3.35. The molecule has 0 spiro atoms. The van der Waals surface area contributed by atoms with E-state index in [2.05, 4.69) is 15.3 Å². The molecule has 0 atom stereocenters. The average molecular weight is 436 g/mol. The molecule has 156 valence electrons. The second kappa shape index (κ2) is 7.40. The van der Waals surface area contributed by atoms with Gasteiger partial charge in [0.15, 0.2) is 11.5 Å². The normalized spacial score (nSPS) is 12.3. The van der Waals surface area contributed by atoms with Crippen molar-refractivity contribution in [2.45, 2.75) is 13.5 Å². The maximum Gasteiger partial charge on any atom is 0.328 e. The summed E-state index contributed by atoms with van der Waals surface area (Å²) in [6.45, 7) is 2.02. The molecular weight excluding hydrogens is 420 g/mol. The monoisotopic (exact) mass is 436 g/mol. The molecule has 0 saturated heterocycles. The van der Waals surface area contributed by atoms with Crippen LogP contribution in [-0.4, -0.2) is 27.2 Å². The first kappa shape index (κ1) is 19.1. The SMILES string of the molecule is Cc1nc2cc(NC(=O)c3c[nH]c(=O)n(Cc4ccc5c(c4)OCO5)c3=O)ccc2s1. The number of aromatic nitrogens is 3. The number of carbonyl (C=O) groups excluding carboxylic acids is 1. The summed E-state index contributed by atoms with van der Waals surface area (Å²) in [5, 5.41) is 3.62. The number of fused-ring (bicyclic) bond motifs is 2. The number of amides is 1. The van der Waals surface area contributed by atoms with Crippen molar-refractivity contribution < 1.29 is 14.3 Å². The third-order valence-electron chi connectivity index (χ3n) is 4.84. The molecule has 5 rings (SSSR count). The Morgan fingerprint density at radius 1 is 1.19 bits per heavy atom. The van der Waals surface area contributed by atoms with Gasteiger partial charge in [0, 0.05) is 11.9 Å². The van der Waals surface area contributed by atoms with E-state index in [0.29, 0.717) is 22.7 Å². The molecule has 10 heteroatoms. The lowest BCUT2D eigenvalue weighted by atomic mass is 10.2. The molecule has 3 heterocycles. The number of nitrogens with one attached hydrogen (secondary N) is 2. The van der Waals surface area contributed by atoms with E-state index < -0.39 is 17.2 Å². The van der Waals surface area contributed by atoms with Crippen LogP contribution in [0.2, 0.25) is 0 Å². The van der Waals surface area contributed by atoms with Crippen LogP contribution in [0.15, 0.2) is 52.2 Å². The van der Waals surface area contributed by atoms with E-state index in [9.17, 15) is 14.4 Å². The van der Waals surface area contributed by atoms with Gasteiger partial charge in [-0.1, -0.05) is 6.07 Å². The summed E-state index contributed by atoms with van der Waals surface area (Å²) >= 11 is 1.56. The third-order valence-corrected chi connectivity index (χ3v) is 5.79. The number of thiazole rings is 1. The number of benzene rings is 2. The zero-order valence-corrected chi connectivity index (χ0v) is 17.1. The lowest BCUT2D eigenvalue weighted by Gasteiger charge is -2.09. The Balaban J connectivity index is 1.43. The van der Waals surface area contributed by atoms with Gasteiger partial charge in [-0.25, -0.2) is 9.78 Å². The van der Waals surface area contributed by atoms with Crippen LogP contribution >= 0.6 is 11.3 Å². The second-order valence-corrected chi connectivity index (χ2v) is 8.19. The molecular formula is C21H16N4O5S. The number of anilines is 1. The molecule has 0 aliphatic carbocycles. The summed E-state index contributed by atoms with van der Waals surface area (Å²) in [5.74, 6) is 0.529. The van der Waals surface area contributed by atoms with Crippen molar-refractivity contribution in [2.75, 3.05) is 12.1 Å². The zero-order valence-electron chi connectivity index (χ0n) is 16.3. The summed E-state index contributed by atoms with van der Waals surface area (Å²) in [7, 11) is 0. The minimum atomic E-state index is -0.690. The number of carbonyl (C=O) groups is 1. The van der Waals surface area contributed by atoms with Gasteiger partial charge in [-0.05, 0) is 42.8 Å². The van der Waals surface area contributed by atoms with Gasteiger partial charge in [0.1, 0.15) is 5.56 Å². The first-order valence-electron chi connectivity index (χ1n) is 9.37. The number of aryl methyl sites for hydroxylation is 1. The zero-order chi connectivity index (χ0) is 21.5. The third kappa shape index (κ3) is 3.57. The van der Waals surface area contributed by atoms with Crippen molar-refractivity contribution in [3.8, 4) is 11.5 Å². The lowest BCUT2D eigenvalue weighted by molar-refractivity contribution is 0.102. The first-order valence-corrected chi connectivity index (χ1v) is 10.2. The summed E-state index contributed by atoms with van der Waals surface area (Å²) in [4.78, 5) is 44.8. The van der Waals surface area contributed by atoms with Crippen LogP contribution in [0.5, 0.6) is 11.5 Å². The molecule has 2 N–H and O–H groups in total. The lowest BCUT2D eigenvalue weighted by Crippen LogP contribution is -2.39. The Hall–Kier alpha value is -3.92. The smallest absolute Gasteiger partial charge is 0.328 e. The van der Waals surface area contributed by atoms with Gasteiger partial charge in [0.2, 0.25) is 6.79 Å². The van der Waals surface area contributed by atoms with Gasteiger partial charge in [0.05, 0.1) is 21.8 Å². The van der Waals surface area contributed by atoms with Crippen LogP contribution in [0.3, 0.4) is 0 Å². The van der Waals surface area contributed by atoms with E-state index in [1.54, 1.807) is 41.7 Å². The number of rotatable bonds is 4. The highest BCUT2D eigenvalue weighted by Gasteiger charge is 2.18. The fourth-order valence-electron chi connectivity index (χ4n) is 3.36. The molecule has 2 aromatic heterocycles. The minimum Gasteiger partial charge on any atom is -0.454 e. The Labute approximate surface area is 178 Å². The Kier molecular flexibility index (Phi) is 4.55. The largest absolute Gasteiger partial charge is 0.454 e. The molecule has 2 aromatic carbocycles. The van der Waals surface area contributed by atoms with Crippen molar-refractivity contribution in [2.24, 2.45) is 0 Å². The van der Waals surface area contributed by atoms with Crippen LogP contribution in [0, 0.1) is 6.92 Å². The molecule has 0 bridgehead atoms. The van der Waals surface area contributed by atoms with E-state index in [1.165, 1.54) is 0 Å². The minimum absolute atomic E-state index is 0.0179. The van der Waals surface area contributed by atoms with Gasteiger partial charge < -0.3 is 19.8 Å². The van der Waals surface area contributed by atoms with Crippen LogP contribution < -0.4 is 26.0 Å². The number of hydrogen-bond donors (Lipinski definition) is 2. The molecule has 31 heavy (non-hydrogen) atoms. The molecule has 0 saturated carbocycles. The molecule has 1 aliphatic rings. The fourth-order valence-corrected chi connectivity index (χ4v) is 4.17. The van der Waals surface area contributed by atoms with E-state index in [-0.39, 0.29) is 18.9 Å². The van der Waals surface area contributed by atoms with Gasteiger partial charge in [0.25, 0.3) is 11.5 Å². The molecule has 9 nitrogen and oxygen atoms in total.